The van der Waals surface area contributed by atoms with E-state index < -0.39 is 0 Å². The van der Waals surface area contributed by atoms with E-state index in [-0.39, 0.29) is 0 Å². The van der Waals surface area contributed by atoms with Crippen LogP contribution in [-0.4, -0.2) is 9.55 Å². The lowest BCUT2D eigenvalue weighted by molar-refractivity contribution is 0.740. The first-order chi connectivity index (χ1) is 5.04. The van der Waals surface area contributed by atoms with Crippen molar-refractivity contribution in [3.05, 3.63) is 11.4 Å². The molecule has 1 aromatic rings. The van der Waals surface area contributed by atoms with Crippen molar-refractivity contribution in [1.82, 2.24) is 9.55 Å². The molecule has 0 aliphatic carbocycles. The normalized spacial score (nSPS) is 11.0. The topological polar surface area (TPSA) is 43.8 Å². The minimum atomic E-state index is 0.491. The molecule has 0 aliphatic rings. The number of rotatable bonds is 1. The third-order valence-corrected chi connectivity index (χ3v) is 1.90. The summed E-state index contributed by atoms with van der Waals surface area (Å²) in [5, 5.41) is 0. The van der Waals surface area contributed by atoms with Crippen molar-refractivity contribution >= 4 is 5.95 Å². The molecule has 11 heavy (non-hydrogen) atoms. The smallest absolute Gasteiger partial charge is 0.200 e. The highest BCUT2D eigenvalue weighted by Gasteiger charge is 2.11. The number of nitrogen functional groups attached to an aromatic ring is 1. The Morgan fingerprint density at radius 1 is 1.45 bits per heavy atom. The molecular formula is C8H15N3. The van der Waals surface area contributed by atoms with Crippen LogP contribution in [0.25, 0.3) is 0 Å². The van der Waals surface area contributed by atoms with Crippen molar-refractivity contribution in [2.24, 2.45) is 7.05 Å². The van der Waals surface area contributed by atoms with E-state index >= 15 is 0 Å². The van der Waals surface area contributed by atoms with Gasteiger partial charge in [-0.25, -0.2) is 4.98 Å². The molecule has 0 radical (unpaired) electrons. The SMILES string of the molecule is Cc1nc(N)n(C)c1C(C)C. The van der Waals surface area contributed by atoms with E-state index in [0.717, 1.165) is 5.69 Å². The molecule has 1 heterocycles. The van der Waals surface area contributed by atoms with Gasteiger partial charge in [0.15, 0.2) is 5.95 Å². The molecule has 0 unspecified atom stereocenters. The molecule has 3 heteroatoms. The Balaban J connectivity index is 3.22. The van der Waals surface area contributed by atoms with Crippen molar-refractivity contribution in [2.45, 2.75) is 26.7 Å². The van der Waals surface area contributed by atoms with Crippen LogP contribution in [0.15, 0.2) is 0 Å². The Morgan fingerprint density at radius 3 is 2.18 bits per heavy atom. The lowest BCUT2D eigenvalue weighted by Gasteiger charge is -2.07. The van der Waals surface area contributed by atoms with Crippen molar-refractivity contribution in [3.63, 3.8) is 0 Å². The molecule has 0 aliphatic heterocycles. The Morgan fingerprint density at radius 2 is 2.00 bits per heavy atom. The lowest BCUT2D eigenvalue weighted by atomic mass is 10.1. The molecule has 0 saturated heterocycles. The predicted molar refractivity (Wildman–Crippen MR) is 46.4 cm³/mol. The number of nitrogens with zero attached hydrogens (tertiary/aromatic N) is 2. The third kappa shape index (κ3) is 1.23. The van der Waals surface area contributed by atoms with E-state index in [4.69, 9.17) is 5.73 Å². The van der Waals surface area contributed by atoms with Crippen LogP contribution < -0.4 is 5.73 Å². The first-order valence-corrected chi connectivity index (χ1v) is 3.82. The number of hydrogen-bond acceptors (Lipinski definition) is 2. The Bertz CT molecular complexity index is 261. The second-order valence-corrected chi connectivity index (χ2v) is 3.15. The summed E-state index contributed by atoms with van der Waals surface area (Å²) in [6, 6.07) is 0. The Kier molecular flexibility index (Phi) is 1.89. The quantitative estimate of drug-likeness (QED) is 0.663. The van der Waals surface area contributed by atoms with Crippen molar-refractivity contribution in [2.75, 3.05) is 5.73 Å². The molecule has 0 amide bonds. The highest BCUT2D eigenvalue weighted by Crippen LogP contribution is 2.19. The van der Waals surface area contributed by atoms with E-state index in [1.807, 2.05) is 18.5 Å². The number of aryl methyl sites for hydroxylation is 1. The molecular weight excluding hydrogens is 138 g/mol. The molecule has 3 nitrogen and oxygen atoms in total. The molecule has 1 rings (SSSR count). The van der Waals surface area contributed by atoms with Gasteiger partial charge in [0.1, 0.15) is 0 Å². The van der Waals surface area contributed by atoms with Gasteiger partial charge in [-0.15, -0.1) is 0 Å². The van der Waals surface area contributed by atoms with Crippen molar-refractivity contribution < 1.29 is 0 Å². The fourth-order valence-corrected chi connectivity index (χ4v) is 1.48. The van der Waals surface area contributed by atoms with Gasteiger partial charge < -0.3 is 10.3 Å². The number of anilines is 1. The second-order valence-electron chi connectivity index (χ2n) is 3.15. The zero-order valence-electron chi connectivity index (χ0n) is 7.55. The molecule has 1 aromatic heterocycles. The van der Waals surface area contributed by atoms with Crippen LogP contribution in [0.5, 0.6) is 0 Å². The maximum Gasteiger partial charge on any atom is 0.200 e. The van der Waals surface area contributed by atoms with E-state index in [9.17, 15) is 0 Å². The maximum atomic E-state index is 5.63. The van der Waals surface area contributed by atoms with Crippen molar-refractivity contribution in [1.29, 1.82) is 0 Å². The minimum absolute atomic E-state index is 0.491. The molecule has 0 bridgehead atoms. The number of imidazole rings is 1. The number of nitrogens with two attached hydrogens (primary N) is 1. The summed E-state index contributed by atoms with van der Waals surface area (Å²) >= 11 is 0. The summed E-state index contributed by atoms with van der Waals surface area (Å²) in [7, 11) is 1.95. The number of hydrogen-bond donors (Lipinski definition) is 1. The summed E-state index contributed by atoms with van der Waals surface area (Å²) in [5.74, 6) is 1.09. The van der Waals surface area contributed by atoms with Gasteiger partial charge >= 0.3 is 0 Å². The van der Waals surface area contributed by atoms with Crippen LogP contribution in [0.3, 0.4) is 0 Å². The molecule has 0 atom stereocenters. The predicted octanol–water partition coefficient (Wildman–Crippen LogP) is 1.43. The van der Waals surface area contributed by atoms with Crippen LogP contribution in [0, 0.1) is 6.92 Å². The molecule has 0 saturated carbocycles. The zero-order valence-corrected chi connectivity index (χ0v) is 7.55. The van der Waals surface area contributed by atoms with Crippen LogP contribution in [0.1, 0.15) is 31.2 Å². The average Bonchev–Trinajstić information content (AvgIpc) is 2.07. The molecule has 62 valence electrons. The minimum Gasteiger partial charge on any atom is -0.369 e. The molecule has 0 spiro atoms. The van der Waals surface area contributed by atoms with Gasteiger partial charge in [-0.2, -0.15) is 0 Å². The van der Waals surface area contributed by atoms with Gasteiger partial charge in [-0.3, -0.25) is 0 Å². The summed E-state index contributed by atoms with van der Waals surface area (Å²) in [6.07, 6.45) is 0. The largest absolute Gasteiger partial charge is 0.369 e. The van der Waals surface area contributed by atoms with Gasteiger partial charge in [-0.1, -0.05) is 13.8 Å². The van der Waals surface area contributed by atoms with E-state index in [1.165, 1.54) is 5.69 Å². The summed E-state index contributed by atoms with van der Waals surface area (Å²) in [6.45, 7) is 6.28. The highest BCUT2D eigenvalue weighted by molar-refractivity contribution is 5.29. The Labute approximate surface area is 67.2 Å². The van der Waals surface area contributed by atoms with Crippen LogP contribution in [0.2, 0.25) is 0 Å². The van der Waals surface area contributed by atoms with E-state index in [1.54, 1.807) is 0 Å². The molecule has 0 fully saturated rings. The standard InChI is InChI=1S/C8H15N3/c1-5(2)7-6(3)10-8(9)11(7)4/h5H,1-4H3,(H2,9,10). The molecule has 0 aromatic carbocycles. The fraction of sp³-hybridized carbons (Fsp3) is 0.625. The van der Waals surface area contributed by atoms with E-state index in [0.29, 0.717) is 11.9 Å². The van der Waals surface area contributed by atoms with Gasteiger partial charge in [0.25, 0.3) is 0 Å². The summed E-state index contributed by atoms with van der Waals surface area (Å²) in [5.41, 5.74) is 7.90. The number of aromatic nitrogens is 2. The average molecular weight is 153 g/mol. The first-order valence-electron chi connectivity index (χ1n) is 3.82. The zero-order chi connectivity index (χ0) is 8.59. The van der Waals surface area contributed by atoms with Gasteiger partial charge in [0.05, 0.1) is 5.69 Å². The van der Waals surface area contributed by atoms with E-state index in [2.05, 4.69) is 18.8 Å². The maximum absolute atomic E-state index is 5.63. The van der Waals surface area contributed by atoms with Gasteiger partial charge in [-0.05, 0) is 12.8 Å². The lowest BCUT2D eigenvalue weighted by Crippen LogP contribution is -2.02. The third-order valence-electron chi connectivity index (χ3n) is 1.90. The van der Waals surface area contributed by atoms with Crippen LogP contribution in [0.4, 0.5) is 5.95 Å². The monoisotopic (exact) mass is 153 g/mol. The van der Waals surface area contributed by atoms with Gasteiger partial charge in [0, 0.05) is 12.7 Å². The summed E-state index contributed by atoms with van der Waals surface area (Å²) < 4.78 is 1.94. The molecule has 2 N–H and O–H groups in total. The van der Waals surface area contributed by atoms with Gasteiger partial charge in [0.2, 0.25) is 0 Å². The highest BCUT2D eigenvalue weighted by atomic mass is 15.1. The Hall–Kier alpha value is -0.990. The second kappa shape index (κ2) is 2.57. The fourth-order valence-electron chi connectivity index (χ4n) is 1.48. The summed E-state index contributed by atoms with van der Waals surface area (Å²) in [4.78, 5) is 4.17. The first kappa shape index (κ1) is 8.11. The van der Waals surface area contributed by atoms with Crippen LogP contribution in [-0.2, 0) is 7.05 Å². The van der Waals surface area contributed by atoms with Crippen molar-refractivity contribution in [3.8, 4) is 0 Å². The van der Waals surface area contributed by atoms with Crippen LogP contribution >= 0.6 is 0 Å².